The summed E-state index contributed by atoms with van der Waals surface area (Å²) in [4.78, 5) is 1.37. The van der Waals surface area contributed by atoms with Gasteiger partial charge in [0.15, 0.2) is 0 Å². The molecule has 3 aromatic rings. The predicted octanol–water partition coefficient (Wildman–Crippen LogP) is 4.82. The Labute approximate surface area is 203 Å². The highest BCUT2D eigenvalue weighted by molar-refractivity contribution is 7.89. The van der Waals surface area contributed by atoms with Crippen LogP contribution in [-0.4, -0.2) is 57.0 Å². The second-order valence-corrected chi connectivity index (χ2v) is 10.2. The lowest BCUT2D eigenvalue weighted by atomic mass is 10.0. The molecule has 0 aliphatic carbocycles. The van der Waals surface area contributed by atoms with Gasteiger partial charge in [-0.25, -0.2) is 8.42 Å². The van der Waals surface area contributed by atoms with Crippen molar-refractivity contribution in [2.24, 2.45) is 0 Å². The van der Waals surface area contributed by atoms with Crippen LogP contribution in [0.3, 0.4) is 0 Å². The molecule has 186 valence electrons. The van der Waals surface area contributed by atoms with Gasteiger partial charge in [-0.3, -0.25) is 4.90 Å². The van der Waals surface area contributed by atoms with Gasteiger partial charge in [0.2, 0.25) is 10.0 Å². The number of halogens is 3. The molecule has 9 heteroatoms. The first kappa shape index (κ1) is 25.4. The van der Waals surface area contributed by atoms with Gasteiger partial charge in [-0.2, -0.15) is 17.5 Å². The molecule has 0 unspecified atom stereocenters. The molecule has 0 amide bonds. The van der Waals surface area contributed by atoms with Crippen molar-refractivity contribution in [1.29, 1.82) is 0 Å². The molecule has 1 fully saturated rings. The van der Waals surface area contributed by atoms with Crippen molar-refractivity contribution >= 4 is 10.0 Å². The summed E-state index contributed by atoms with van der Waals surface area (Å²) in [5.74, 6) is 0. The number of hydrogen-bond donors (Lipinski definition) is 0. The summed E-state index contributed by atoms with van der Waals surface area (Å²) in [6.07, 6.45) is -4.96. The first-order chi connectivity index (χ1) is 16.8. The fourth-order valence-corrected chi connectivity index (χ4v) is 5.83. The lowest BCUT2D eigenvalue weighted by Crippen LogP contribution is -2.49. The fourth-order valence-electron chi connectivity index (χ4n) is 4.20. The molecule has 1 saturated heterocycles. The molecule has 0 atom stereocenters. The number of piperazine rings is 1. The van der Waals surface area contributed by atoms with Gasteiger partial charge in [-0.05, 0) is 23.3 Å². The first-order valence-corrected chi connectivity index (χ1v) is 12.8. The zero-order valence-corrected chi connectivity index (χ0v) is 19.9. The van der Waals surface area contributed by atoms with Crippen LogP contribution in [0.25, 0.3) is 0 Å². The number of hydrogen-bond acceptors (Lipinski definition) is 4. The Morgan fingerprint density at radius 3 is 1.83 bits per heavy atom. The Hall–Kier alpha value is -2.72. The highest BCUT2D eigenvalue weighted by Gasteiger charge is 2.39. The van der Waals surface area contributed by atoms with E-state index in [1.54, 1.807) is 0 Å². The molecule has 4 rings (SSSR count). The minimum Gasteiger partial charge on any atom is -0.367 e. The molecular weight excluding hydrogens is 477 g/mol. The molecule has 1 heterocycles. The molecule has 0 N–H and O–H groups in total. The van der Waals surface area contributed by atoms with Gasteiger partial charge >= 0.3 is 6.18 Å². The lowest BCUT2D eigenvalue weighted by molar-refractivity contribution is -0.139. The van der Waals surface area contributed by atoms with Crippen LogP contribution in [0.15, 0.2) is 89.8 Å². The quantitative estimate of drug-likeness (QED) is 0.442. The highest BCUT2D eigenvalue weighted by atomic mass is 32.2. The summed E-state index contributed by atoms with van der Waals surface area (Å²) in [6, 6.07) is 24.1. The van der Waals surface area contributed by atoms with E-state index in [0.717, 1.165) is 27.6 Å². The maximum absolute atomic E-state index is 13.4. The van der Waals surface area contributed by atoms with Crippen LogP contribution in [-0.2, 0) is 20.9 Å². The zero-order valence-electron chi connectivity index (χ0n) is 19.1. The molecule has 0 bridgehead atoms. The molecule has 0 aromatic heterocycles. The third-order valence-corrected chi connectivity index (χ3v) is 8.00. The van der Waals surface area contributed by atoms with Gasteiger partial charge in [0.25, 0.3) is 0 Å². The van der Waals surface area contributed by atoms with E-state index in [9.17, 15) is 21.6 Å². The Balaban J connectivity index is 1.36. The van der Waals surface area contributed by atoms with Crippen LogP contribution >= 0.6 is 0 Å². The molecule has 3 aromatic carbocycles. The van der Waals surface area contributed by atoms with Crippen molar-refractivity contribution in [3.63, 3.8) is 0 Å². The van der Waals surface area contributed by atoms with Crippen LogP contribution in [0.4, 0.5) is 13.2 Å². The maximum Gasteiger partial charge on any atom is 0.417 e. The average molecular weight is 505 g/mol. The molecule has 35 heavy (non-hydrogen) atoms. The van der Waals surface area contributed by atoms with Crippen molar-refractivity contribution < 1.29 is 26.3 Å². The molecule has 0 spiro atoms. The summed E-state index contributed by atoms with van der Waals surface area (Å²) in [5.41, 5.74) is 0.944. The van der Waals surface area contributed by atoms with Crippen molar-refractivity contribution in [1.82, 2.24) is 9.21 Å². The minimum atomic E-state index is -4.74. The summed E-state index contributed by atoms with van der Waals surface area (Å²) in [6.45, 7) is 2.09. The zero-order chi connectivity index (χ0) is 24.9. The normalized spacial score (nSPS) is 16.0. The number of nitrogens with zero attached hydrogens (tertiary/aromatic N) is 2. The summed E-state index contributed by atoms with van der Waals surface area (Å²) < 4.78 is 73.3. The van der Waals surface area contributed by atoms with E-state index in [4.69, 9.17) is 4.74 Å². The van der Waals surface area contributed by atoms with Crippen LogP contribution in [0.1, 0.15) is 22.8 Å². The van der Waals surface area contributed by atoms with Crippen LogP contribution in [0.5, 0.6) is 0 Å². The van der Waals surface area contributed by atoms with Crippen LogP contribution in [0, 0.1) is 0 Å². The fraction of sp³-hybridized carbons (Fsp3) is 0.308. The minimum absolute atomic E-state index is 0.120. The largest absolute Gasteiger partial charge is 0.417 e. The van der Waals surface area contributed by atoms with E-state index in [1.165, 1.54) is 12.1 Å². The predicted molar refractivity (Wildman–Crippen MR) is 127 cm³/mol. The molecule has 5 nitrogen and oxygen atoms in total. The van der Waals surface area contributed by atoms with Gasteiger partial charge in [-0.15, -0.1) is 0 Å². The Morgan fingerprint density at radius 1 is 0.771 bits per heavy atom. The third kappa shape index (κ3) is 6.10. The van der Waals surface area contributed by atoms with Crippen LogP contribution < -0.4 is 0 Å². The summed E-state index contributed by atoms with van der Waals surface area (Å²) in [7, 11) is -4.25. The van der Waals surface area contributed by atoms with E-state index in [0.29, 0.717) is 26.2 Å². The third-order valence-electron chi connectivity index (χ3n) is 6.04. The van der Waals surface area contributed by atoms with Gasteiger partial charge in [0, 0.05) is 32.7 Å². The topological polar surface area (TPSA) is 49.9 Å². The van der Waals surface area contributed by atoms with Crippen molar-refractivity contribution in [2.45, 2.75) is 17.2 Å². The van der Waals surface area contributed by atoms with E-state index in [1.807, 2.05) is 60.7 Å². The molecule has 0 saturated carbocycles. The van der Waals surface area contributed by atoms with E-state index in [2.05, 4.69) is 4.90 Å². The smallest absolute Gasteiger partial charge is 0.367 e. The molecular formula is C26H27F3N2O3S. The number of sulfonamides is 1. The van der Waals surface area contributed by atoms with Crippen molar-refractivity contribution in [2.75, 3.05) is 39.3 Å². The SMILES string of the molecule is O=S(=O)(c1ccccc1C(F)(F)F)N1CCN(CCOC(c2ccccc2)c2ccccc2)CC1. The number of ether oxygens (including phenoxy) is 1. The van der Waals surface area contributed by atoms with E-state index < -0.39 is 26.7 Å². The van der Waals surface area contributed by atoms with Gasteiger partial charge in [0.1, 0.15) is 6.10 Å². The first-order valence-electron chi connectivity index (χ1n) is 11.4. The van der Waals surface area contributed by atoms with Gasteiger partial charge in [0.05, 0.1) is 17.1 Å². The van der Waals surface area contributed by atoms with Crippen molar-refractivity contribution in [3.8, 4) is 0 Å². The number of rotatable bonds is 8. The van der Waals surface area contributed by atoms with Crippen LogP contribution in [0.2, 0.25) is 0 Å². The summed E-state index contributed by atoms with van der Waals surface area (Å²) >= 11 is 0. The molecule has 1 aliphatic heterocycles. The Bertz CT molecular complexity index is 1160. The maximum atomic E-state index is 13.4. The van der Waals surface area contributed by atoms with E-state index in [-0.39, 0.29) is 19.2 Å². The molecule has 1 aliphatic rings. The summed E-state index contributed by atoms with van der Waals surface area (Å²) in [5, 5.41) is 0. The number of alkyl halides is 3. The standard InChI is InChI=1S/C26H27F3N2O3S/c27-26(28,29)23-13-7-8-14-24(23)35(32,33)31-17-15-30(16-18-31)19-20-34-25(21-9-3-1-4-10-21)22-11-5-2-6-12-22/h1-14,25H,15-20H2. The Kier molecular flexibility index (Phi) is 7.91. The second kappa shape index (κ2) is 10.9. The van der Waals surface area contributed by atoms with Crippen molar-refractivity contribution in [3.05, 3.63) is 102 Å². The second-order valence-electron chi connectivity index (χ2n) is 8.31. The Morgan fingerprint density at radius 2 is 1.29 bits per heavy atom. The van der Waals surface area contributed by atoms with Gasteiger partial charge < -0.3 is 4.74 Å². The number of benzene rings is 3. The highest BCUT2D eigenvalue weighted by Crippen LogP contribution is 2.35. The lowest BCUT2D eigenvalue weighted by Gasteiger charge is -2.34. The average Bonchev–Trinajstić information content (AvgIpc) is 2.87. The van der Waals surface area contributed by atoms with Gasteiger partial charge in [-0.1, -0.05) is 72.8 Å². The monoisotopic (exact) mass is 504 g/mol. The van der Waals surface area contributed by atoms with E-state index >= 15 is 0 Å². The molecule has 0 radical (unpaired) electrons.